The first kappa shape index (κ1) is 25.4. The Morgan fingerprint density at radius 1 is 0.571 bits per heavy atom. The summed E-state index contributed by atoms with van der Waals surface area (Å²) in [7, 11) is 0. The van der Waals surface area contributed by atoms with Gasteiger partial charge in [0.1, 0.15) is 11.5 Å². The molecule has 4 aromatic carbocycles. The van der Waals surface area contributed by atoms with Crippen LogP contribution in [0.3, 0.4) is 0 Å². The molecule has 0 unspecified atom stereocenters. The van der Waals surface area contributed by atoms with Crippen molar-refractivity contribution in [2.24, 2.45) is 0 Å². The third kappa shape index (κ3) is 5.92. The largest absolute Gasteiger partial charge is 0.423 e. The van der Waals surface area contributed by atoms with Crippen LogP contribution >= 0.6 is 45.2 Å². The van der Waals surface area contributed by atoms with E-state index in [1.807, 2.05) is 84.9 Å². The normalized spacial score (nSPS) is 11.1. The Labute approximate surface area is 232 Å². The van der Waals surface area contributed by atoms with Crippen molar-refractivity contribution in [3.8, 4) is 11.5 Å². The number of ether oxygens (including phenoxy) is 2. The number of benzene rings is 4. The maximum Gasteiger partial charge on any atom is 0.344 e. The van der Waals surface area contributed by atoms with Crippen molar-refractivity contribution in [2.75, 3.05) is 0 Å². The molecule has 0 atom stereocenters. The lowest BCUT2D eigenvalue weighted by molar-refractivity contribution is 0.0724. The van der Waals surface area contributed by atoms with E-state index < -0.39 is 0 Å². The molecule has 0 heterocycles. The van der Waals surface area contributed by atoms with Gasteiger partial charge in [-0.15, -0.1) is 0 Å². The summed E-state index contributed by atoms with van der Waals surface area (Å²) >= 11 is 4.25. The van der Waals surface area contributed by atoms with Crippen LogP contribution in [0.4, 0.5) is 0 Å². The van der Waals surface area contributed by atoms with Crippen LogP contribution in [0.2, 0.25) is 0 Å². The zero-order valence-corrected chi connectivity index (χ0v) is 23.4. The van der Waals surface area contributed by atoms with Gasteiger partial charge in [0.05, 0.1) is 11.1 Å². The Balaban J connectivity index is 1.45. The fourth-order valence-electron chi connectivity index (χ4n) is 3.62. The second kappa shape index (κ2) is 10.9. The van der Waals surface area contributed by atoms with Gasteiger partial charge in [-0.05, 0) is 105 Å². The Morgan fingerprint density at radius 3 is 1.26 bits per heavy atom. The maximum absolute atomic E-state index is 12.5. The standard InChI is InChI=1S/C29H22I2O4/c1-29(2,19-11-15-21(16-12-19)34-27(32)23-7-3-5-9-25(23)30)20-13-17-22(18-14-20)35-28(33)24-8-4-6-10-26(24)31/h3-18H,1-2H3. The average molecular weight is 688 g/mol. The van der Waals surface area contributed by atoms with Crippen molar-refractivity contribution in [3.05, 3.63) is 126 Å². The number of halogens is 2. The fourth-order valence-corrected chi connectivity index (χ4v) is 4.84. The molecular weight excluding hydrogens is 666 g/mol. The SMILES string of the molecule is CC(C)(c1ccc(OC(=O)c2ccccc2I)cc1)c1ccc(OC(=O)c2ccccc2I)cc1. The van der Waals surface area contributed by atoms with E-state index >= 15 is 0 Å². The van der Waals surface area contributed by atoms with Crippen LogP contribution in [0, 0.1) is 7.14 Å². The summed E-state index contributed by atoms with van der Waals surface area (Å²) in [5, 5.41) is 0. The highest BCUT2D eigenvalue weighted by atomic mass is 127. The molecule has 176 valence electrons. The maximum atomic E-state index is 12.5. The van der Waals surface area contributed by atoms with Gasteiger partial charge >= 0.3 is 11.9 Å². The van der Waals surface area contributed by atoms with E-state index in [-0.39, 0.29) is 17.4 Å². The van der Waals surface area contributed by atoms with Crippen molar-refractivity contribution in [2.45, 2.75) is 19.3 Å². The van der Waals surface area contributed by atoms with Crippen molar-refractivity contribution < 1.29 is 19.1 Å². The molecule has 0 radical (unpaired) electrons. The number of carbonyl (C=O) groups excluding carboxylic acids is 2. The summed E-state index contributed by atoms with van der Waals surface area (Å²) < 4.78 is 12.8. The molecule has 0 spiro atoms. The van der Waals surface area contributed by atoms with E-state index in [1.54, 1.807) is 12.1 Å². The number of hydrogen-bond donors (Lipinski definition) is 0. The lowest BCUT2D eigenvalue weighted by Gasteiger charge is -2.26. The molecule has 0 aromatic heterocycles. The minimum atomic E-state index is -0.377. The molecular formula is C29H22I2O4. The van der Waals surface area contributed by atoms with Gasteiger partial charge in [0, 0.05) is 12.6 Å². The van der Waals surface area contributed by atoms with Crippen molar-refractivity contribution >= 4 is 57.1 Å². The third-order valence-electron chi connectivity index (χ3n) is 5.76. The smallest absolute Gasteiger partial charge is 0.344 e. The summed E-state index contributed by atoms with van der Waals surface area (Å²) in [6, 6.07) is 29.7. The highest BCUT2D eigenvalue weighted by Crippen LogP contribution is 2.33. The lowest BCUT2D eigenvalue weighted by atomic mass is 9.78. The summed E-state index contributed by atoms with van der Waals surface area (Å²) in [5.41, 5.74) is 2.90. The van der Waals surface area contributed by atoms with E-state index in [0.717, 1.165) is 18.3 Å². The summed E-state index contributed by atoms with van der Waals surface area (Å²) in [6.45, 7) is 4.24. The average Bonchev–Trinajstić information content (AvgIpc) is 2.85. The Hall–Kier alpha value is -2.72. The summed E-state index contributed by atoms with van der Waals surface area (Å²) in [5.74, 6) is 0.230. The molecule has 0 amide bonds. The van der Waals surface area contributed by atoms with Crippen molar-refractivity contribution in [1.29, 1.82) is 0 Å². The molecule has 4 nitrogen and oxygen atoms in total. The molecule has 0 aliphatic rings. The quantitative estimate of drug-likeness (QED) is 0.119. The van der Waals surface area contributed by atoms with Crippen LogP contribution in [-0.2, 0) is 5.41 Å². The van der Waals surface area contributed by atoms with Gasteiger partial charge in [-0.25, -0.2) is 9.59 Å². The number of hydrogen-bond acceptors (Lipinski definition) is 4. The first-order chi connectivity index (χ1) is 16.8. The topological polar surface area (TPSA) is 52.6 Å². The number of carbonyl (C=O) groups is 2. The molecule has 4 rings (SSSR count). The van der Waals surface area contributed by atoms with Crippen LogP contribution in [0.5, 0.6) is 11.5 Å². The van der Waals surface area contributed by atoms with E-state index in [4.69, 9.17) is 9.47 Å². The van der Waals surface area contributed by atoms with Crippen LogP contribution in [-0.4, -0.2) is 11.9 Å². The zero-order chi connectivity index (χ0) is 25.0. The molecule has 0 fully saturated rings. The predicted octanol–water partition coefficient (Wildman–Crippen LogP) is 7.66. The molecule has 0 aliphatic carbocycles. The van der Waals surface area contributed by atoms with E-state index in [0.29, 0.717) is 22.6 Å². The third-order valence-corrected chi connectivity index (χ3v) is 7.64. The molecule has 0 N–H and O–H groups in total. The molecule has 0 saturated heterocycles. The van der Waals surface area contributed by atoms with Gasteiger partial charge in [-0.2, -0.15) is 0 Å². The van der Waals surface area contributed by atoms with Gasteiger partial charge < -0.3 is 9.47 Å². The molecule has 6 heteroatoms. The number of esters is 2. The molecule has 0 bridgehead atoms. The first-order valence-corrected chi connectivity index (χ1v) is 13.1. The van der Waals surface area contributed by atoms with E-state index in [2.05, 4.69) is 59.0 Å². The van der Waals surface area contributed by atoms with E-state index in [9.17, 15) is 9.59 Å². The minimum absolute atomic E-state index is 0.311. The van der Waals surface area contributed by atoms with Gasteiger partial charge in [-0.3, -0.25) is 0 Å². The Kier molecular flexibility index (Phi) is 7.91. The minimum Gasteiger partial charge on any atom is -0.423 e. The molecule has 0 saturated carbocycles. The van der Waals surface area contributed by atoms with Gasteiger partial charge in [0.2, 0.25) is 0 Å². The summed E-state index contributed by atoms with van der Waals surface area (Å²) in [6.07, 6.45) is 0. The van der Waals surface area contributed by atoms with Crippen LogP contribution in [0.15, 0.2) is 97.1 Å². The monoisotopic (exact) mass is 688 g/mol. The van der Waals surface area contributed by atoms with Gasteiger partial charge in [0.15, 0.2) is 0 Å². The number of rotatable bonds is 6. The van der Waals surface area contributed by atoms with Crippen molar-refractivity contribution in [1.82, 2.24) is 0 Å². The molecule has 4 aromatic rings. The lowest BCUT2D eigenvalue weighted by Crippen LogP contribution is -2.19. The second-order valence-corrected chi connectivity index (χ2v) is 10.7. The molecule has 35 heavy (non-hydrogen) atoms. The zero-order valence-electron chi connectivity index (χ0n) is 19.1. The highest BCUT2D eigenvalue weighted by molar-refractivity contribution is 14.1. The van der Waals surface area contributed by atoms with Crippen LogP contribution < -0.4 is 9.47 Å². The Bertz CT molecular complexity index is 1260. The fraction of sp³-hybridized carbons (Fsp3) is 0.103. The Morgan fingerprint density at radius 2 is 0.914 bits per heavy atom. The van der Waals surface area contributed by atoms with Gasteiger partial charge in [0.25, 0.3) is 0 Å². The highest BCUT2D eigenvalue weighted by Gasteiger charge is 2.24. The molecule has 0 aliphatic heterocycles. The predicted molar refractivity (Wildman–Crippen MR) is 153 cm³/mol. The van der Waals surface area contributed by atoms with Gasteiger partial charge in [-0.1, -0.05) is 62.4 Å². The van der Waals surface area contributed by atoms with Crippen LogP contribution in [0.25, 0.3) is 0 Å². The summed E-state index contributed by atoms with van der Waals surface area (Å²) in [4.78, 5) is 25.0. The van der Waals surface area contributed by atoms with E-state index in [1.165, 1.54) is 0 Å². The van der Waals surface area contributed by atoms with Crippen molar-refractivity contribution in [3.63, 3.8) is 0 Å². The van der Waals surface area contributed by atoms with Crippen LogP contribution in [0.1, 0.15) is 45.7 Å². The first-order valence-electron chi connectivity index (χ1n) is 10.9. The second-order valence-electron chi connectivity index (χ2n) is 8.41.